The molecule has 0 spiro atoms. The highest BCUT2D eigenvalue weighted by atomic mass is 32.2. The minimum Gasteiger partial charge on any atom is -0.355 e. The van der Waals surface area contributed by atoms with Crippen molar-refractivity contribution in [1.82, 2.24) is 10.2 Å². The summed E-state index contributed by atoms with van der Waals surface area (Å²) in [7, 11) is 1.96. The number of rotatable bonds is 2. The lowest BCUT2D eigenvalue weighted by Gasteiger charge is -2.12. The van der Waals surface area contributed by atoms with Crippen molar-refractivity contribution >= 4 is 11.8 Å². The minimum atomic E-state index is 0.962. The van der Waals surface area contributed by atoms with Crippen molar-refractivity contribution in [3.8, 4) is 0 Å². The molecule has 0 aromatic carbocycles. The van der Waals surface area contributed by atoms with Gasteiger partial charge < -0.3 is 10.2 Å². The zero-order valence-corrected chi connectivity index (χ0v) is 5.74. The summed E-state index contributed by atoms with van der Waals surface area (Å²) in [6, 6.07) is 0. The van der Waals surface area contributed by atoms with Crippen molar-refractivity contribution in [3.63, 3.8) is 0 Å². The molecule has 8 heavy (non-hydrogen) atoms. The Balaban J connectivity index is 2.16. The van der Waals surface area contributed by atoms with Crippen LogP contribution in [-0.4, -0.2) is 24.5 Å². The molecule has 0 unspecified atom stereocenters. The first-order chi connectivity index (χ1) is 3.93. The number of hydrogen-bond donors (Lipinski definition) is 1. The predicted molar refractivity (Wildman–Crippen MR) is 37.4 cm³/mol. The molecule has 0 aromatic rings. The highest BCUT2D eigenvalue weighted by Crippen LogP contribution is 2.12. The second-order valence-corrected chi connectivity index (χ2v) is 2.55. The molecule has 0 saturated heterocycles. The topological polar surface area (TPSA) is 15.3 Å². The number of nitrogens with zero attached hydrogens (tertiary/aromatic N) is 1. The molecule has 0 aliphatic carbocycles. The van der Waals surface area contributed by atoms with E-state index in [0.717, 1.165) is 12.5 Å². The van der Waals surface area contributed by atoms with Crippen LogP contribution in [0.4, 0.5) is 0 Å². The van der Waals surface area contributed by atoms with Gasteiger partial charge in [-0.05, 0) is 12.5 Å². The Morgan fingerprint density at radius 2 is 2.75 bits per heavy atom. The molecule has 2 nitrogen and oxygen atoms in total. The molecule has 0 radical (unpaired) electrons. The maximum Gasteiger partial charge on any atom is 0.0687 e. The first-order valence-corrected chi connectivity index (χ1v) is 3.65. The monoisotopic (exact) mass is 130 g/mol. The summed E-state index contributed by atoms with van der Waals surface area (Å²) in [6.07, 6.45) is 2.10. The van der Waals surface area contributed by atoms with Crippen LogP contribution in [0.3, 0.4) is 0 Å². The van der Waals surface area contributed by atoms with E-state index in [1.807, 2.05) is 18.8 Å². The SMILES string of the molecule is CNCN1C=CSC1. The molecule has 0 atom stereocenters. The van der Waals surface area contributed by atoms with Gasteiger partial charge in [0.15, 0.2) is 0 Å². The van der Waals surface area contributed by atoms with E-state index in [2.05, 4.69) is 21.8 Å². The molecule has 1 aliphatic heterocycles. The molecule has 46 valence electrons. The molecular formula is C5H10N2S. The molecule has 3 heteroatoms. The molecule has 1 N–H and O–H groups in total. The molecular weight excluding hydrogens is 120 g/mol. The number of hydrogen-bond acceptors (Lipinski definition) is 3. The fraction of sp³-hybridized carbons (Fsp3) is 0.600. The zero-order chi connectivity index (χ0) is 5.82. The largest absolute Gasteiger partial charge is 0.355 e. The Kier molecular flexibility index (Phi) is 2.24. The van der Waals surface area contributed by atoms with Crippen LogP contribution in [0, 0.1) is 0 Å². The van der Waals surface area contributed by atoms with E-state index in [0.29, 0.717) is 0 Å². The van der Waals surface area contributed by atoms with E-state index in [1.165, 1.54) is 0 Å². The van der Waals surface area contributed by atoms with Crippen LogP contribution in [-0.2, 0) is 0 Å². The Morgan fingerprint density at radius 3 is 3.25 bits per heavy atom. The van der Waals surface area contributed by atoms with Gasteiger partial charge >= 0.3 is 0 Å². The van der Waals surface area contributed by atoms with Crippen LogP contribution in [0.1, 0.15) is 0 Å². The normalized spacial score (nSPS) is 17.9. The summed E-state index contributed by atoms with van der Waals surface area (Å²) in [5, 5.41) is 5.18. The van der Waals surface area contributed by atoms with E-state index >= 15 is 0 Å². The molecule has 1 aliphatic rings. The van der Waals surface area contributed by atoms with Crippen molar-refractivity contribution in [2.24, 2.45) is 0 Å². The van der Waals surface area contributed by atoms with Crippen LogP contribution in [0.15, 0.2) is 11.6 Å². The smallest absolute Gasteiger partial charge is 0.0687 e. The van der Waals surface area contributed by atoms with Crippen molar-refractivity contribution < 1.29 is 0 Å². The van der Waals surface area contributed by atoms with Crippen molar-refractivity contribution in [3.05, 3.63) is 11.6 Å². The number of thioether (sulfide) groups is 1. The summed E-state index contributed by atoms with van der Waals surface area (Å²) in [5.74, 6) is 1.10. The van der Waals surface area contributed by atoms with Crippen LogP contribution < -0.4 is 5.32 Å². The fourth-order valence-corrected chi connectivity index (χ4v) is 1.33. The first-order valence-electron chi connectivity index (χ1n) is 2.60. The van der Waals surface area contributed by atoms with Crippen LogP contribution in [0.2, 0.25) is 0 Å². The Hall–Kier alpha value is -0.150. The van der Waals surface area contributed by atoms with Gasteiger partial charge in [-0.2, -0.15) is 0 Å². The average Bonchev–Trinajstić information content (AvgIpc) is 2.19. The van der Waals surface area contributed by atoms with Gasteiger partial charge in [-0.1, -0.05) is 0 Å². The summed E-state index contributed by atoms with van der Waals surface area (Å²) >= 11 is 1.83. The highest BCUT2D eigenvalue weighted by molar-refractivity contribution is 8.02. The van der Waals surface area contributed by atoms with Gasteiger partial charge in [-0.25, -0.2) is 0 Å². The van der Waals surface area contributed by atoms with Crippen LogP contribution in [0.5, 0.6) is 0 Å². The first kappa shape index (κ1) is 5.98. The van der Waals surface area contributed by atoms with Crippen molar-refractivity contribution in [2.45, 2.75) is 0 Å². The zero-order valence-electron chi connectivity index (χ0n) is 4.92. The third kappa shape index (κ3) is 1.42. The average molecular weight is 130 g/mol. The predicted octanol–water partition coefficient (Wildman–Crippen LogP) is 0.641. The second-order valence-electron chi connectivity index (χ2n) is 1.68. The maximum atomic E-state index is 3.07. The summed E-state index contributed by atoms with van der Waals surface area (Å²) in [6.45, 7) is 0.962. The third-order valence-corrected chi connectivity index (χ3v) is 1.76. The maximum absolute atomic E-state index is 3.07. The highest BCUT2D eigenvalue weighted by Gasteiger charge is 2.00. The van der Waals surface area contributed by atoms with Gasteiger partial charge in [0.05, 0.1) is 12.5 Å². The fourth-order valence-electron chi connectivity index (χ4n) is 0.612. The van der Waals surface area contributed by atoms with Gasteiger partial charge in [0.1, 0.15) is 0 Å². The standard InChI is InChI=1S/C5H10N2S/c1-6-4-7-2-3-8-5-7/h2-3,6H,4-5H2,1H3. The molecule has 0 fully saturated rings. The molecule has 0 saturated carbocycles. The van der Waals surface area contributed by atoms with Crippen LogP contribution >= 0.6 is 11.8 Å². The Labute approximate surface area is 53.9 Å². The van der Waals surface area contributed by atoms with E-state index in [1.54, 1.807) is 0 Å². The summed E-state index contributed by atoms with van der Waals surface area (Å²) < 4.78 is 0. The quantitative estimate of drug-likeness (QED) is 0.590. The summed E-state index contributed by atoms with van der Waals surface area (Å²) in [5.41, 5.74) is 0. The van der Waals surface area contributed by atoms with Gasteiger partial charge in [0, 0.05) is 6.20 Å². The van der Waals surface area contributed by atoms with E-state index in [9.17, 15) is 0 Å². The van der Waals surface area contributed by atoms with Crippen molar-refractivity contribution in [2.75, 3.05) is 19.6 Å². The van der Waals surface area contributed by atoms with Gasteiger partial charge in [0.2, 0.25) is 0 Å². The summed E-state index contributed by atoms with van der Waals surface area (Å²) in [4.78, 5) is 2.21. The van der Waals surface area contributed by atoms with E-state index < -0.39 is 0 Å². The Morgan fingerprint density at radius 1 is 1.88 bits per heavy atom. The van der Waals surface area contributed by atoms with E-state index in [-0.39, 0.29) is 0 Å². The molecule has 0 bridgehead atoms. The molecule has 0 aromatic heterocycles. The van der Waals surface area contributed by atoms with Crippen LogP contribution in [0.25, 0.3) is 0 Å². The molecule has 1 heterocycles. The molecule has 1 rings (SSSR count). The minimum absolute atomic E-state index is 0.962. The Bertz CT molecular complexity index is 92.4. The lowest BCUT2D eigenvalue weighted by atomic mass is 10.8. The third-order valence-electron chi connectivity index (χ3n) is 0.969. The molecule has 0 amide bonds. The lowest BCUT2D eigenvalue weighted by Crippen LogP contribution is -2.25. The van der Waals surface area contributed by atoms with E-state index in [4.69, 9.17) is 0 Å². The van der Waals surface area contributed by atoms with Gasteiger partial charge in [-0.15, -0.1) is 11.8 Å². The van der Waals surface area contributed by atoms with Crippen molar-refractivity contribution in [1.29, 1.82) is 0 Å². The van der Waals surface area contributed by atoms with Gasteiger partial charge in [0.25, 0.3) is 0 Å². The number of nitrogens with one attached hydrogen (secondary N) is 1. The second kappa shape index (κ2) is 2.99. The lowest BCUT2D eigenvalue weighted by molar-refractivity contribution is 0.419. The van der Waals surface area contributed by atoms with Gasteiger partial charge in [-0.3, -0.25) is 0 Å².